The highest BCUT2D eigenvalue weighted by molar-refractivity contribution is 6.02. The number of benzene rings is 1. The van der Waals surface area contributed by atoms with Crippen LogP contribution in [0.3, 0.4) is 0 Å². The van der Waals surface area contributed by atoms with E-state index in [-0.39, 0.29) is 17.3 Å². The number of nitro benzene ring substituents is 1. The molecule has 3 rings (SSSR count). The van der Waals surface area contributed by atoms with Crippen LogP contribution in [0.2, 0.25) is 0 Å². The molecule has 0 aliphatic carbocycles. The lowest BCUT2D eigenvalue weighted by Crippen LogP contribution is -2.38. The van der Waals surface area contributed by atoms with Crippen molar-refractivity contribution in [1.29, 1.82) is 0 Å². The quantitative estimate of drug-likeness (QED) is 0.631. The lowest BCUT2D eigenvalue weighted by atomic mass is 10.1. The SMILES string of the molecule is COc1ccc2c(cc(C(=O)NCCN3CCCCC3)n2C)c1[N+](=O)[O-]. The lowest BCUT2D eigenvalue weighted by Gasteiger charge is -2.26. The summed E-state index contributed by atoms with van der Waals surface area (Å²) in [7, 11) is 3.13. The number of likely N-dealkylation sites (tertiary alicyclic amines) is 1. The Hall–Kier alpha value is -2.61. The van der Waals surface area contributed by atoms with Gasteiger partial charge in [0.05, 0.1) is 22.9 Å². The highest BCUT2D eigenvalue weighted by Gasteiger charge is 2.24. The summed E-state index contributed by atoms with van der Waals surface area (Å²) in [5.41, 5.74) is 0.904. The molecule has 1 fully saturated rings. The number of fused-ring (bicyclic) bond motifs is 1. The van der Waals surface area contributed by atoms with Crippen LogP contribution < -0.4 is 10.1 Å². The Balaban J connectivity index is 1.78. The molecule has 1 amide bonds. The zero-order valence-corrected chi connectivity index (χ0v) is 15.2. The molecule has 0 bridgehead atoms. The van der Waals surface area contributed by atoms with E-state index >= 15 is 0 Å². The highest BCUT2D eigenvalue weighted by atomic mass is 16.6. The first-order valence-corrected chi connectivity index (χ1v) is 8.84. The standard InChI is InChI=1S/C18H24N4O4/c1-20-14-6-7-16(26-2)17(22(24)25)13(14)12-15(20)18(23)19-8-11-21-9-4-3-5-10-21/h6-7,12H,3-5,8-11H2,1-2H3,(H,19,23). The Bertz CT molecular complexity index is 824. The maximum atomic E-state index is 12.6. The van der Waals surface area contributed by atoms with Crippen molar-refractivity contribution in [3.05, 3.63) is 34.0 Å². The first kappa shape index (κ1) is 18.2. The van der Waals surface area contributed by atoms with Crippen LogP contribution in [-0.4, -0.2) is 53.6 Å². The third-order valence-corrected chi connectivity index (χ3v) is 4.96. The summed E-state index contributed by atoms with van der Waals surface area (Å²) >= 11 is 0. The topological polar surface area (TPSA) is 89.6 Å². The number of carbonyl (C=O) groups is 1. The fourth-order valence-corrected chi connectivity index (χ4v) is 3.55. The maximum absolute atomic E-state index is 12.6. The summed E-state index contributed by atoms with van der Waals surface area (Å²) in [5.74, 6) is -0.0425. The van der Waals surface area contributed by atoms with Gasteiger partial charge in [-0.05, 0) is 44.1 Å². The Morgan fingerprint density at radius 1 is 1.31 bits per heavy atom. The largest absolute Gasteiger partial charge is 0.490 e. The molecular formula is C18H24N4O4. The van der Waals surface area contributed by atoms with Crippen molar-refractivity contribution in [3.8, 4) is 5.75 Å². The van der Waals surface area contributed by atoms with E-state index in [9.17, 15) is 14.9 Å². The van der Waals surface area contributed by atoms with Crippen molar-refractivity contribution in [1.82, 2.24) is 14.8 Å². The second-order valence-electron chi connectivity index (χ2n) is 6.55. The minimum atomic E-state index is -0.473. The van der Waals surface area contributed by atoms with Crippen LogP contribution in [0.1, 0.15) is 29.8 Å². The number of nitrogens with one attached hydrogen (secondary N) is 1. The van der Waals surface area contributed by atoms with Crippen molar-refractivity contribution in [3.63, 3.8) is 0 Å². The third-order valence-electron chi connectivity index (χ3n) is 4.96. The molecule has 0 radical (unpaired) electrons. The van der Waals surface area contributed by atoms with Gasteiger partial charge in [-0.25, -0.2) is 0 Å². The molecule has 1 aliphatic heterocycles. The first-order chi connectivity index (χ1) is 12.5. The van der Waals surface area contributed by atoms with E-state index in [1.54, 1.807) is 29.8 Å². The average molecular weight is 360 g/mol. The van der Waals surface area contributed by atoms with E-state index in [4.69, 9.17) is 4.74 Å². The summed E-state index contributed by atoms with van der Waals surface area (Å²) in [5, 5.41) is 14.8. The van der Waals surface area contributed by atoms with Crippen molar-refractivity contribution in [2.24, 2.45) is 7.05 Å². The molecule has 0 spiro atoms. The van der Waals surface area contributed by atoms with E-state index in [1.807, 2.05) is 0 Å². The Morgan fingerprint density at radius 2 is 2.04 bits per heavy atom. The summed E-state index contributed by atoms with van der Waals surface area (Å²) < 4.78 is 6.78. The molecule has 8 heteroatoms. The average Bonchev–Trinajstić information content (AvgIpc) is 2.98. The molecule has 1 N–H and O–H groups in total. The van der Waals surface area contributed by atoms with Gasteiger partial charge in [0.1, 0.15) is 5.69 Å². The van der Waals surface area contributed by atoms with Gasteiger partial charge in [-0.1, -0.05) is 6.42 Å². The molecule has 0 saturated carbocycles. The summed E-state index contributed by atoms with van der Waals surface area (Å²) in [4.78, 5) is 25.9. The molecule has 1 aromatic heterocycles. The van der Waals surface area contributed by atoms with Crippen LogP contribution >= 0.6 is 0 Å². The van der Waals surface area contributed by atoms with E-state index in [0.717, 1.165) is 19.6 Å². The van der Waals surface area contributed by atoms with Crippen molar-refractivity contribution in [2.45, 2.75) is 19.3 Å². The number of nitrogens with zero attached hydrogens (tertiary/aromatic N) is 3. The molecule has 2 heterocycles. The van der Waals surface area contributed by atoms with Crippen LogP contribution in [0.15, 0.2) is 18.2 Å². The van der Waals surface area contributed by atoms with Crippen LogP contribution in [-0.2, 0) is 7.05 Å². The first-order valence-electron chi connectivity index (χ1n) is 8.84. The molecule has 0 unspecified atom stereocenters. The van der Waals surface area contributed by atoms with E-state index in [2.05, 4.69) is 10.2 Å². The van der Waals surface area contributed by atoms with Crippen molar-refractivity contribution < 1.29 is 14.5 Å². The molecule has 26 heavy (non-hydrogen) atoms. The normalized spacial score (nSPS) is 15.2. The molecule has 1 saturated heterocycles. The lowest BCUT2D eigenvalue weighted by molar-refractivity contribution is -0.383. The fraction of sp³-hybridized carbons (Fsp3) is 0.500. The van der Waals surface area contributed by atoms with Crippen LogP contribution in [0, 0.1) is 10.1 Å². The van der Waals surface area contributed by atoms with Crippen molar-refractivity contribution in [2.75, 3.05) is 33.3 Å². The number of ether oxygens (including phenoxy) is 1. The minimum Gasteiger partial charge on any atom is -0.490 e. The minimum absolute atomic E-state index is 0.118. The van der Waals surface area contributed by atoms with Crippen LogP contribution in [0.5, 0.6) is 5.75 Å². The fourth-order valence-electron chi connectivity index (χ4n) is 3.55. The summed E-state index contributed by atoms with van der Waals surface area (Å²) in [6.07, 6.45) is 3.70. The molecule has 1 aliphatic rings. The number of methoxy groups -OCH3 is 1. The Kier molecular flexibility index (Phi) is 5.41. The van der Waals surface area contributed by atoms with Crippen LogP contribution in [0.4, 0.5) is 5.69 Å². The molecular weight excluding hydrogens is 336 g/mol. The summed E-state index contributed by atoms with van der Waals surface area (Å²) in [6, 6.07) is 4.84. The number of hydrogen-bond acceptors (Lipinski definition) is 5. The van der Waals surface area contributed by atoms with Gasteiger partial charge >= 0.3 is 5.69 Å². The van der Waals surface area contributed by atoms with E-state index in [1.165, 1.54) is 26.4 Å². The van der Waals surface area contributed by atoms with Gasteiger partial charge in [0.2, 0.25) is 0 Å². The zero-order valence-electron chi connectivity index (χ0n) is 15.2. The number of aromatic nitrogens is 1. The number of amides is 1. The highest BCUT2D eigenvalue weighted by Crippen LogP contribution is 2.36. The zero-order chi connectivity index (χ0) is 18.7. The second kappa shape index (κ2) is 7.74. The monoisotopic (exact) mass is 360 g/mol. The number of hydrogen-bond donors (Lipinski definition) is 1. The predicted octanol–water partition coefficient (Wildman–Crippen LogP) is 2.31. The number of aryl methyl sites for hydroxylation is 1. The summed E-state index contributed by atoms with van der Waals surface area (Å²) in [6.45, 7) is 3.54. The molecule has 140 valence electrons. The van der Waals surface area contributed by atoms with Gasteiger partial charge in [-0.15, -0.1) is 0 Å². The number of piperidine rings is 1. The van der Waals surface area contributed by atoms with Gasteiger partial charge in [0.25, 0.3) is 5.91 Å². The number of nitro groups is 1. The van der Waals surface area contributed by atoms with E-state index < -0.39 is 4.92 Å². The Labute approximate surface area is 151 Å². The van der Waals surface area contributed by atoms with Gasteiger partial charge in [0.15, 0.2) is 5.75 Å². The maximum Gasteiger partial charge on any atom is 0.320 e. The molecule has 2 aromatic rings. The van der Waals surface area contributed by atoms with Gasteiger partial charge in [-0.2, -0.15) is 0 Å². The number of carbonyl (C=O) groups excluding carboxylic acids is 1. The van der Waals surface area contributed by atoms with Crippen LogP contribution in [0.25, 0.3) is 10.9 Å². The predicted molar refractivity (Wildman–Crippen MR) is 98.7 cm³/mol. The Morgan fingerprint density at radius 3 is 2.69 bits per heavy atom. The molecule has 8 nitrogen and oxygen atoms in total. The van der Waals surface area contributed by atoms with Crippen molar-refractivity contribution >= 4 is 22.5 Å². The third kappa shape index (κ3) is 3.50. The van der Waals surface area contributed by atoms with Gasteiger partial charge in [0, 0.05) is 20.1 Å². The van der Waals surface area contributed by atoms with Gasteiger partial charge < -0.3 is 19.5 Å². The second-order valence-corrected chi connectivity index (χ2v) is 6.55. The number of rotatable bonds is 6. The van der Waals surface area contributed by atoms with Gasteiger partial charge in [-0.3, -0.25) is 14.9 Å². The smallest absolute Gasteiger partial charge is 0.320 e. The molecule has 0 atom stereocenters. The van der Waals surface area contributed by atoms with E-state index in [0.29, 0.717) is 23.1 Å². The molecule has 1 aromatic carbocycles.